The van der Waals surface area contributed by atoms with Crippen molar-refractivity contribution in [2.45, 2.75) is 19.4 Å². The Hall–Kier alpha value is -2.77. The van der Waals surface area contributed by atoms with Crippen LogP contribution in [-0.4, -0.2) is 56.5 Å². The van der Waals surface area contributed by atoms with Gasteiger partial charge in [0.15, 0.2) is 5.65 Å². The van der Waals surface area contributed by atoms with Crippen LogP contribution in [0.3, 0.4) is 0 Å². The highest BCUT2D eigenvalue weighted by molar-refractivity contribution is 5.90. The SMILES string of the molecule is CN(C)CCNc1ncc2cc(C(C)(C)O)c3nc4ccccc4n3c2n1. The Balaban J connectivity index is 1.97. The Labute approximate surface area is 157 Å². The normalized spacial score (nSPS) is 12.5. The second-order valence-corrected chi connectivity index (χ2v) is 7.58. The maximum absolute atomic E-state index is 10.7. The van der Waals surface area contributed by atoms with Crippen molar-refractivity contribution in [1.29, 1.82) is 0 Å². The van der Waals surface area contributed by atoms with Crippen LogP contribution in [0, 0.1) is 0 Å². The number of fused-ring (bicyclic) bond motifs is 5. The molecule has 27 heavy (non-hydrogen) atoms. The Morgan fingerprint density at radius 3 is 2.67 bits per heavy atom. The third-order valence-corrected chi connectivity index (χ3v) is 4.61. The van der Waals surface area contributed by atoms with E-state index in [-0.39, 0.29) is 0 Å². The standard InChI is InChI=1S/C20H24N6O/c1-20(2,27)14-11-13-12-22-19(21-9-10-25(3)4)24-17(13)26-16-8-6-5-7-15(16)23-18(14)26/h5-8,11-12,27H,9-10H2,1-4H3,(H,21,22,24). The van der Waals surface area contributed by atoms with Crippen LogP contribution in [0.5, 0.6) is 0 Å². The number of para-hydroxylation sites is 2. The first-order chi connectivity index (χ1) is 12.8. The van der Waals surface area contributed by atoms with Crippen molar-refractivity contribution in [2.75, 3.05) is 32.5 Å². The zero-order valence-electron chi connectivity index (χ0n) is 16.1. The van der Waals surface area contributed by atoms with Crippen LogP contribution in [0.4, 0.5) is 5.95 Å². The molecule has 140 valence electrons. The maximum atomic E-state index is 10.7. The van der Waals surface area contributed by atoms with E-state index in [0.29, 0.717) is 11.6 Å². The molecule has 4 rings (SSSR count). The maximum Gasteiger partial charge on any atom is 0.224 e. The number of nitrogens with zero attached hydrogens (tertiary/aromatic N) is 5. The Morgan fingerprint density at radius 1 is 1.15 bits per heavy atom. The molecule has 0 amide bonds. The number of anilines is 1. The molecule has 0 atom stereocenters. The smallest absolute Gasteiger partial charge is 0.224 e. The van der Waals surface area contributed by atoms with Crippen LogP contribution in [0.15, 0.2) is 36.5 Å². The van der Waals surface area contributed by atoms with Gasteiger partial charge in [0.05, 0.1) is 16.6 Å². The fourth-order valence-corrected chi connectivity index (χ4v) is 3.23. The molecule has 1 aromatic carbocycles. The predicted octanol–water partition coefficient (Wildman–Crippen LogP) is 2.63. The highest BCUT2D eigenvalue weighted by Crippen LogP contribution is 2.31. The van der Waals surface area contributed by atoms with Crippen molar-refractivity contribution in [1.82, 2.24) is 24.3 Å². The molecule has 7 nitrogen and oxygen atoms in total. The fourth-order valence-electron chi connectivity index (χ4n) is 3.23. The first-order valence-electron chi connectivity index (χ1n) is 9.03. The number of nitrogens with one attached hydrogen (secondary N) is 1. The fraction of sp³-hybridized carbons (Fsp3) is 0.350. The molecule has 0 fully saturated rings. The Bertz CT molecular complexity index is 1130. The quantitative estimate of drug-likeness (QED) is 0.567. The average molecular weight is 364 g/mol. The van der Waals surface area contributed by atoms with Gasteiger partial charge in [-0.05, 0) is 46.1 Å². The summed E-state index contributed by atoms with van der Waals surface area (Å²) in [4.78, 5) is 16.1. The molecule has 3 aromatic heterocycles. The average Bonchev–Trinajstić information content (AvgIpc) is 2.99. The molecule has 0 aliphatic rings. The molecule has 2 N–H and O–H groups in total. The summed E-state index contributed by atoms with van der Waals surface area (Å²) in [6.45, 7) is 5.19. The molecule has 0 aliphatic carbocycles. The monoisotopic (exact) mass is 364 g/mol. The Kier molecular flexibility index (Phi) is 4.20. The van der Waals surface area contributed by atoms with Crippen LogP contribution in [-0.2, 0) is 5.60 Å². The van der Waals surface area contributed by atoms with Crippen molar-refractivity contribution in [3.05, 3.63) is 42.1 Å². The van der Waals surface area contributed by atoms with E-state index in [1.165, 1.54) is 0 Å². The van der Waals surface area contributed by atoms with Gasteiger partial charge in [-0.2, -0.15) is 4.98 Å². The predicted molar refractivity (Wildman–Crippen MR) is 108 cm³/mol. The Morgan fingerprint density at radius 2 is 1.93 bits per heavy atom. The van der Waals surface area contributed by atoms with E-state index in [9.17, 15) is 5.11 Å². The van der Waals surface area contributed by atoms with Crippen molar-refractivity contribution in [3.8, 4) is 0 Å². The van der Waals surface area contributed by atoms with Gasteiger partial charge in [0.25, 0.3) is 0 Å². The van der Waals surface area contributed by atoms with Crippen molar-refractivity contribution < 1.29 is 5.11 Å². The zero-order valence-corrected chi connectivity index (χ0v) is 16.1. The third-order valence-electron chi connectivity index (χ3n) is 4.61. The lowest BCUT2D eigenvalue weighted by Gasteiger charge is -2.19. The topological polar surface area (TPSA) is 78.6 Å². The number of benzene rings is 1. The van der Waals surface area contributed by atoms with E-state index in [1.807, 2.05) is 48.8 Å². The molecule has 0 saturated carbocycles. The zero-order chi connectivity index (χ0) is 19.2. The minimum Gasteiger partial charge on any atom is -0.386 e. The van der Waals surface area contributed by atoms with Gasteiger partial charge in [0.2, 0.25) is 5.95 Å². The van der Waals surface area contributed by atoms with Crippen LogP contribution in [0.1, 0.15) is 19.4 Å². The van der Waals surface area contributed by atoms with Gasteiger partial charge in [-0.15, -0.1) is 0 Å². The van der Waals surface area contributed by atoms with Crippen molar-refractivity contribution >= 4 is 33.7 Å². The summed E-state index contributed by atoms with van der Waals surface area (Å²) in [5, 5.41) is 14.8. The molecule has 0 spiro atoms. The number of hydrogen-bond donors (Lipinski definition) is 2. The lowest BCUT2D eigenvalue weighted by Crippen LogP contribution is -2.21. The van der Waals surface area contributed by atoms with Gasteiger partial charge < -0.3 is 15.3 Å². The number of pyridine rings is 1. The van der Waals surface area contributed by atoms with Crippen LogP contribution in [0.25, 0.3) is 27.7 Å². The summed E-state index contributed by atoms with van der Waals surface area (Å²) in [5.41, 5.74) is 3.04. The van der Waals surface area contributed by atoms with E-state index >= 15 is 0 Å². The van der Waals surface area contributed by atoms with Gasteiger partial charge in [-0.1, -0.05) is 12.1 Å². The van der Waals surface area contributed by atoms with Crippen LogP contribution in [0.2, 0.25) is 0 Å². The first kappa shape index (κ1) is 17.6. The largest absolute Gasteiger partial charge is 0.386 e. The second kappa shape index (κ2) is 6.44. The molecule has 4 aromatic rings. The summed E-state index contributed by atoms with van der Waals surface area (Å²) in [7, 11) is 4.06. The minimum atomic E-state index is -1.03. The molecule has 0 unspecified atom stereocenters. The molecule has 7 heteroatoms. The number of imidazole rings is 1. The molecular weight excluding hydrogens is 340 g/mol. The number of aromatic nitrogens is 4. The third kappa shape index (κ3) is 3.20. The first-order valence-corrected chi connectivity index (χ1v) is 9.03. The highest BCUT2D eigenvalue weighted by atomic mass is 16.3. The summed E-state index contributed by atoms with van der Waals surface area (Å²) in [6.07, 6.45) is 1.80. The highest BCUT2D eigenvalue weighted by Gasteiger charge is 2.24. The lowest BCUT2D eigenvalue weighted by atomic mass is 9.99. The van der Waals surface area contributed by atoms with E-state index in [1.54, 1.807) is 20.0 Å². The summed E-state index contributed by atoms with van der Waals surface area (Å²) < 4.78 is 2.01. The summed E-state index contributed by atoms with van der Waals surface area (Å²) >= 11 is 0. The van der Waals surface area contributed by atoms with Gasteiger partial charge in [0.1, 0.15) is 5.65 Å². The molecule has 3 heterocycles. The van der Waals surface area contributed by atoms with Crippen molar-refractivity contribution in [3.63, 3.8) is 0 Å². The van der Waals surface area contributed by atoms with Crippen molar-refractivity contribution in [2.24, 2.45) is 0 Å². The van der Waals surface area contributed by atoms with Crippen LogP contribution >= 0.6 is 0 Å². The number of aliphatic hydroxyl groups is 1. The molecule has 0 aliphatic heterocycles. The molecule has 0 saturated heterocycles. The lowest BCUT2D eigenvalue weighted by molar-refractivity contribution is 0.0798. The van der Waals surface area contributed by atoms with E-state index in [0.717, 1.165) is 40.7 Å². The van der Waals surface area contributed by atoms with E-state index in [4.69, 9.17) is 9.97 Å². The van der Waals surface area contributed by atoms with Gasteiger partial charge >= 0.3 is 0 Å². The van der Waals surface area contributed by atoms with E-state index < -0.39 is 5.60 Å². The molecule has 0 radical (unpaired) electrons. The summed E-state index contributed by atoms with van der Waals surface area (Å²) in [6, 6.07) is 9.87. The van der Waals surface area contributed by atoms with Crippen LogP contribution < -0.4 is 5.32 Å². The second-order valence-electron chi connectivity index (χ2n) is 7.58. The minimum absolute atomic E-state index is 0.583. The molecule has 0 bridgehead atoms. The number of hydrogen-bond acceptors (Lipinski definition) is 6. The van der Waals surface area contributed by atoms with Gasteiger partial charge in [-0.3, -0.25) is 4.40 Å². The summed E-state index contributed by atoms with van der Waals surface area (Å²) in [5.74, 6) is 0.583. The number of rotatable bonds is 5. The van der Waals surface area contributed by atoms with Gasteiger partial charge in [0, 0.05) is 30.2 Å². The van der Waals surface area contributed by atoms with Gasteiger partial charge in [-0.25, -0.2) is 9.97 Å². The van der Waals surface area contributed by atoms with E-state index in [2.05, 4.69) is 15.2 Å². The molecular formula is C20H24N6O. The number of likely N-dealkylation sites (N-methyl/N-ethyl adjacent to an activating group) is 1.